The van der Waals surface area contributed by atoms with E-state index in [-0.39, 0.29) is 5.91 Å². The van der Waals surface area contributed by atoms with Gasteiger partial charge in [0.05, 0.1) is 0 Å². The fourth-order valence-corrected chi connectivity index (χ4v) is 2.14. The SMILES string of the molecule is CCN(CCC(=O)NC)C1CCNCC1. The topological polar surface area (TPSA) is 44.4 Å². The van der Waals surface area contributed by atoms with Crippen LogP contribution in [0.1, 0.15) is 26.2 Å². The van der Waals surface area contributed by atoms with E-state index in [0.717, 1.165) is 26.2 Å². The summed E-state index contributed by atoms with van der Waals surface area (Å²) in [6.07, 6.45) is 3.04. The first-order valence-corrected chi connectivity index (χ1v) is 5.93. The highest BCUT2D eigenvalue weighted by atomic mass is 16.1. The lowest BCUT2D eigenvalue weighted by molar-refractivity contribution is -0.121. The molecule has 88 valence electrons. The predicted octanol–water partition coefficient (Wildman–Crippen LogP) is 0.196. The van der Waals surface area contributed by atoms with Gasteiger partial charge in [0, 0.05) is 26.1 Å². The molecule has 0 aliphatic carbocycles. The van der Waals surface area contributed by atoms with Crippen molar-refractivity contribution in [3.8, 4) is 0 Å². The Labute approximate surface area is 92.4 Å². The van der Waals surface area contributed by atoms with Crippen LogP contribution in [0.15, 0.2) is 0 Å². The van der Waals surface area contributed by atoms with Crippen molar-refractivity contribution in [2.75, 3.05) is 33.2 Å². The third kappa shape index (κ3) is 4.18. The van der Waals surface area contributed by atoms with E-state index in [4.69, 9.17) is 0 Å². The zero-order chi connectivity index (χ0) is 11.1. The molecule has 1 saturated heterocycles. The Balaban J connectivity index is 2.30. The predicted molar refractivity (Wildman–Crippen MR) is 61.8 cm³/mol. The smallest absolute Gasteiger partial charge is 0.221 e. The first-order valence-electron chi connectivity index (χ1n) is 5.93. The van der Waals surface area contributed by atoms with Gasteiger partial charge in [0.1, 0.15) is 0 Å². The summed E-state index contributed by atoms with van der Waals surface area (Å²) in [4.78, 5) is 13.6. The van der Waals surface area contributed by atoms with Crippen LogP contribution in [0.4, 0.5) is 0 Å². The van der Waals surface area contributed by atoms with Gasteiger partial charge in [-0.2, -0.15) is 0 Å². The molecule has 0 spiro atoms. The van der Waals surface area contributed by atoms with Crippen LogP contribution in [-0.2, 0) is 4.79 Å². The second-order valence-corrected chi connectivity index (χ2v) is 4.03. The maximum atomic E-state index is 11.2. The molecule has 0 unspecified atom stereocenters. The molecule has 0 bridgehead atoms. The first-order chi connectivity index (χ1) is 7.27. The minimum atomic E-state index is 0.141. The van der Waals surface area contributed by atoms with E-state index in [0.29, 0.717) is 12.5 Å². The zero-order valence-corrected chi connectivity index (χ0v) is 9.88. The summed E-state index contributed by atoms with van der Waals surface area (Å²) in [6, 6.07) is 0.668. The summed E-state index contributed by atoms with van der Waals surface area (Å²) in [7, 11) is 1.70. The van der Waals surface area contributed by atoms with Gasteiger partial charge in [-0.25, -0.2) is 0 Å². The van der Waals surface area contributed by atoms with Crippen LogP contribution in [0, 0.1) is 0 Å². The average molecular weight is 213 g/mol. The van der Waals surface area contributed by atoms with Crippen molar-refractivity contribution in [3.05, 3.63) is 0 Å². The highest BCUT2D eigenvalue weighted by Gasteiger charge is 2.19. The fraction of sp³-hybridized carbons (Fsp3) is 0.909. The summed E-state index contributed by atoms with van der Waals surface area (Å²) in [5.41, 5.74) is 0. The monoisotopic (exact) mass is 213 g/mol. The molecular weight excluding hydrogens is 190 g/mol. The number of rotatable bonds is 5. The van der Waals surface area contributed by atoms with E-state index in [9.17, 15) is 4.79 Å². The van der Waals surface area contributed by atoms with Crippen LogP contribution in [0.2, 0.25) is 0 Å². The van der Waals surface area contributed by atoms with Crippen molar-refractivity contribution < 1.29 is 4.79 Å². The number of amides is 1. The Morgan fingerprint density at radius 3 is 2.67 bits per heavy atom. The number of hydrogen-bond donors (Lipinski definition) is 2. The highest BCUT2D eigenvalue weighted by Crippen LogP contribution is 2.11. The molecule has 1 aliphatic heterocycles. The van der Waals surface area contributed by atoms with Crippen molar-refractivity contribution in [1.29, 1.82) is 0 Å². The molecule has 1 rings (SSSR count). The van der Waals surface area contributed by atoms with Gasteiger partial charge in [0.15, 0.2) is 0 Å². The minimum Gasteiger partial charge on any atom is -0.359 e. The second-order valence-electron chi connectivity index (χ2n) is 4.03. The quantitative estimate of drug-likeness (QED) is 0.685. The minimum absolute atomic E-state index is 0.141. The molecule has 0 atom stereocenters. The maximum Gasteiger partial charge on any atom is 0.221 e. The third-order valence-electron chi connectivity index (χ3n) is 3.14. The first kappa shape index (κ1) is 12.5. The van der Waals surface area contributed by atoms with Crippen LogP contribution in [-0.4, -0.2) is 50.1 Å². The Morgan fingerprint density at radius 1 is 1.47 bits per heavy atom. The van der Waals surface area contributed by atoms with E-state index in [1.54, 1.807) is 7.05 Å². The Kier molecular flexibility index (Phi) is 5.65. The van der Waals surface area contributed by atoms with Crippen molar-refractivity contribution in [2.24, 2.45) is 0 Å². The maximum absolute atomic E-state index is 11.2. The van der Waals surface area contributed by atoms with Crippen molar-refractivity contribution in [3.63, 3.8) is 0 Å². The molecule has 0 aromatic rings. The average Bonchev–Trinajstić information content (AvgIpc) is 2.31. The summed E-state index contributed by atoms with van der Waals surface area (Å²) < 4.78 is 0. The normalized spacial score (nSPS) is 18.1. The van der Waals surface area contributed by atoms with Crippen LogP contribution < -0.4 is 10.6 Å². The van der Waals surface area contributed by atoms with Crippen molar-refractivity contribution in [1.82, 2.24) is 15.5 Å². The lowest BCUT2D eigenvalue weighted by Gasteiger charge is -2.33. The molecule has 1 aliphatic rings. The van der Waals surface area contributed by atoms with Gasteiger partial charge < -0.3 is 15.5 Å². The molecule has 1 amide bonds. The van der Waals surface area contributed by atoms with Gasteiger partial charge in [-0.3, -0.25) is 4.79 Å². The van der Waals surface area contributed by atoms with Gasteiger partial charge in [-0.05, 0) is 32.5 Å². The van der Waals surface area contributed by atoms with Gasteiger partial charge in [-0.1, -0.05) is 6.92 Å². The molecular formula is C11H23N3O. The number of carbonyl (C=O) groups excluding carboxylic acids is 1. The lowest BCUT2D eigenvalue weighted by atomic mass is 10.0. The number of piperidine rings is 1. The third-order valence-corrected chi connectivity index (χ3v) is 3.14. The van der Waals surface area contributed by atoms with Crippen molar-refractivity contribution in [2.45, 2.75) is 32.2 Å². The lowest BCUT2D eigenvalue weighted by Crippen LogP contribution is -2.44. The Hall–Kier alpha value is -0.610. The standard InChI is InChI=1S/C11H23N3O/c1-3-14(9-6-11(15)12-2)10-4-7-13-8-5-10/h10,13H,3-9H2,1-2H3,(H,12,15). The summed E-state index contributed by atoms with van der Waals surface area (Å²) >= 11 is 0. The van der Waals surface area contributed by atoms with Crippen LogP contribution >= 0.6 is 0 Å². The number of hydrogen-bond acceptors (Lipinski definition) is 3. The summed E-state index contributed by atoms with van der Waals surface area (Å²) in [6.45, 7) is 6.33. The Bertz CT molecular complexity index is 190. The van der Waals surface area contributed by atoms with E-state index < -0.39 is 0 Å². The molecule has 4 nitrogen and oxygen atoms in total. The molecule has 0 radical (unpaired) electrons. The number of nitrogens with zero attached hydrogens (tertiary/aromatic N) is 1. The largest absolute Gasteiger partial charge is 0.359 e. The Morgan fingerprint density at radius 2 is 2.13 bits per heavy atom. The molecule has 0 aromatic carbocycles. The van der Waals surface area contributed by atoms with Gasteiger partial charge in [0.25, 0.3) is 0 Å². The molecule has 15 heavy (non-hydrogen) atoms. The van der Waals surface area contributed by atoms with E-state index in [2.05, 4.69) is 22.5 Å². The van der Waals surface area contributed by atoms with Gasteiger partial charge >= 0.3 is 0 Å². The number of carbonyl (C=O) groups is 1. The van der Waals surface area contributed by atoms with Gasteiger partial charge in [0.2, 0.25) is 5.91 Å². The molecule has 2 N–H and O–H groups in total. The van der Waals surface area contributed by atoms with Crippen LogP contribution in [0.25, 0.3) is 0 Å². The molecule has 4 heteroatoms. The molecule has 0 aromatic heterocycles. The molecule has 0 saturated carbocycles. The fourth-order valence-electron chi connectivity index (χ4n) is 2.14. The molecule has 1 fully saturated rings. The molecule has 1 heterocycles. The van der Waals surface area contributed by atoms with Crippen LogP contribution in [0.5, 0.6) is 0 Å². The van der Waals surface area contributed by atoms with E-state index >= 15 is 0 Å². The number of nitrogens with one attached hydrogen (secondary N) is 2. The highest BCUT2D eigenvalue weighted by molar-refractivity contribution is 5.75. The van der Waals surface area contributed by atoms with Crippen molar-refractivity contribution >= 4 is 5.91 Å². The zero-order valence-electron chi connectivity index (χ0n) is 9.88. The van der Waals surface area contributed by atoms with E-state index in [1.165, 1.54) is 12.8 Å². The second kappa shape index (κ2) is 6.80. The summed E-state index contributed by atoms with van der Waals surface area (Å²) in [5.74, 6) is 0.141. The van der Waals surface area contributed by atoms with E-state index in [1.807, 2.05) is 0 Å². The van der Waals surface area contributed by atoms with Gasteiger partial charge in [-0.15, -0.1) is 0 Å². The summed E-state index contributed by atoms with van der Waals surface area (Å²) in [5, 5.41) is 6.03. The van der Waals surface area contributed by atoms with Crippen LogP contribution in [0.3, 0.4) is 0 Å².